The number of carbonyl (C=O) groups is 1. The first-order valence-corrected chi connectivity index (χ1v) is 6.46. The number of nitrogens with one attached hydrogen (secondary N) is 1. The summed E-state index contributed by atoms with van der Waals surface area (Å²) in [7, 11) is 1.89. The Morgan fingerprint density at radius 1 is 1.42 bits per heavy atom. The number of benzene rings is 1. The molecule has 0 bridgehead atoms. The number of hydrogen-bond acceptors (Lipinski definition) is 3. The molecule has 0 spiro atoms. The third-order valence-electron chi connectivity index (χ3n) is 2.90. The van der Waals surface area contributed by atoms with E-state index in [1.807, 2.05) is 18.9 Å². The van der Waals surface area contributed by atoms with Crippen LogP contribution in [0.25, 0.3) is 0 Å². The lowest BCUT2D eigenvalue weighted by Gasteiger charge is -2.19. The highest BCUT2D eigenvalue weighted by molar-refractivity contribution is 5.78. The van der Waals surface area contributed by atoms with Crippen molar-refractivity contribution in [3.05, 3.63) is 35.6 Å². The monoisotopic (exact) mass is 267 g/mol. The van der Waals surface area contributed by atoms with Crippen molar-refractivity contribution < 1.29 is 9.18 Å². The van der Waals surface area contributed by atoms with E-state index in [2.05, 4.69) is 5.32 Å². The summed E-state index contributed by atoms with van der Waals surface area (Å²) in [6.07, 6.45) is 0.872. The molecule has 1 aromatic carbocycles. The number of rotatable bonds is 7. The predicted molar refractivity (Wildman–Crippen MR) is 74.1 cm³/mol. The van der Waals surface area contributed by atoms with Crippen molar-refractivity contribution in [1.29, 1.82) is 0 Å². The summed E-state index contributed by atoms with van der Waals surface area (Å²) < 4.78 is 12.8. The van der Waals surface area contributed by atoms with Crippen LogP contribution in [-0.2, 0) is 4.79 Å². The summed E-state index contributed by atoms with van der Waals surface area (Å²) in [5, 5.41) is 2.89. The maximum absolute atomic E-state index is 12.8. The maximum atomic E-state index is 12.8. The number of amides is 1. The lowest BCUT2D eigenvalue weighted by molar-refractivity contribution is -0.122. The van der Waals surface area contributed by atoms with Crippen LogP contribution in [0.1, 0.15) is 24.9 Å². The molecule has 0 saturated heterocycles. The van der Waals surface area contributed by atoms with Crippen molar-refractivity contribution in [3.8, 4) is 0 Å². The molecule has 0 heterocycles. The maximum Gasteiger partial charge on any atom is 0.234 e. The van der Waals surface area contributed by atoms with Crippen LogP contribution >= 0.6 is 0 Å². The second-order valence-corrected chi connectivity index (χ2v) is 4.72. The molecule has 0 radical (unpaired) electrons. The van der Waals surface area contributed by atoms with Crippen LogP contribution in [0.2, 0.25) is 0 Å². The van der Waals surface area contributed by atoms with Gasteiger partial charge in [-0.3, -0.25) is 9.69 Å². The van der Waals surface area contributed by atoms with Gasteiger partial charge >= 0.3 is 0 Å². The molecular formula is C14H22FN3O. The van der Waals surface area contributed by atoms with E-state index in [1.165, 1.54) is 12.1 Å². The number of nitrogens with two attached hydrogens (primary N) is 1. The zero-order chi connectivity index (χ0) is 14.3. The zero-order valence-corrected chi connectivity index (χ0v) is 11.5. The van der Waals surface area contributed by atoms with Crippen LogP contribution in [0.4, 0.5) is 4.39 Å². The highest BCUT2D eigenvalue weighted by atomic mass is 19.1. The van der Waals surface area contributed by atoms with Crippen LogP contribution in [0, 0.1) is 5.82 Å². The van der Waals surface area contributed by atoms with E-state index in [1.54, 1.807) is 12.1 Å². The fourth-order valence-electron chi connectivity index (χ4n) is 1.81. The van der Waals surface area contributed by atoms with Gasteiger partial charge in [0.05, 0.1) is 12.6 Å². The number of carbonyl (C=O) groups excluding carboxylic acids is 1. The summed E-state index contributed by atoms with van der Waals surface area (Å²) in [6, 6.07) is 6.02. The highest BCUT2D eigenvalue weighted by Gasteiger charge is 2.11. The minimum absolute atomic E-state index is 0.0450. The van der Waals surface area contributed by atoms with Gasteiger partial charge in [-0.1, -0.05) is 12.1 Å². The Labute approximate surface area is 113 Å². The van der Waals surface area contributed by atoms with Crippen LogP contribution in [0.5, 0.6) is 0 Å². The van der Waals surface area contributed by atoms with E-state index < -0.39 is 0 Å². The largest absolute Gasteiger partial charge is 0.348 e. The Morgan fingerprint density at radius 3 is 2.63 bits per heavy atom. The van der Waals surface area contributed by atoms with Gasteiger partial charge in [-0.15, -0.1) is 0 Å². The van der Waals surface area contributed by atoms with E-state index in [4.69, 9.17) is 5.73 Å². The topological polar surface area (TPSA) is 58.4 Å². The first kappa shape index (κ1) is 15.6. The van der Waals surface area contributed by atoms with Crippen molar-refractivity contribution in [1.82, 2.24) is 10.2 Å². The zero-order valence-electron chi connectivity index (χ0n) is 11.5. The average molecular weight is 267 g/mol. The second kappa shape index (κ2) is 7.86. The molecule has 0 aliphatic rings. The molecule has 3 N–H and O–H groups in total. The van der Waals surface area contributed by atoms with Crippen LogP contribution in [0.15, 0.2) is 24.3 Å². The second-order valence-electron chi connectivity index (χ2n) is 4.72. The fraction of sp³-hybridized carbons (Fsp3) is 0.500. The summed E-state index contributed by atoms with van der Waals surface area (Å²) in [5.41, 5.74) is 6.31. The first-order chi connectivity index (χ1) is 9.02. The Kier molecular flexibility index (Phi) is 6.45. The van der Waals surface area contributed by atoms with Gasteiger partial charge in [0, 0.05) is 0 Å². The fourth-order valence-corrected chi connectivity index (χ4v) is 1.81. The number of likely N-dealkylation sites (N-methyl/N-ethyl adjacent to an activating group) is 1. The molecule has 1 unspecified atom stereocenters. The van der Waals surface area contributed by atoms with Crippen molar-refractivity contribution in [3.63, 3.8) is 0 Å². The molecule has 1 aromatic rings. The molecule has 0 aromatic heterocycles. The van der Waals surface area contributed by atoms with Gasteiger partial charge < -0.3 is 11.1 Å². The molecule has 5 heteroatoms. The summed E-state index contributed by atoms with van der Waals surface area (Å²) in [4.78, 5) is 13.7. The Morgan fingerprint density at radius 2 is 2.05 bits per heavy atom. The van der Waals surface area contributed by atoms with Gasteiger partial charge in [0.2, 0.25) is 5.91 Å². The van der Waals surface area contributed by atoms with Crippen molar-refractivity contribution in [2.24, 2.45) is 5.73 Å². The van der Waals surface area contributed by atoms with Gasteiger partial charge in [-0.25, -0.2) is 4.39 Å². The quantitative estimate of drug-likeness (QED) is 0.782. The summed E-state index contributed by atoms with van der Waals surface area (Å²) >= 11 is 0. The molecule has 0 saturated carbocycles. The van der Waals surface area contributed by atoms with E-state index in [0.717, 1.165) is 18.5 Å². The highest BCUT2D eigenvalue weighted by Crippen LogP contribution is 2.12. The molecular weight excluding hydrogens is 245 g/mol. The van der Waals surface area contributed by atoms with E-state index >= 15 is 0 Å². The number of hydrogen-bond donors (Lipinski definition) is 2. The minimum atomic E-state index is -0.274. The summed E-state index contributed by atoms with van der Waals surface area (Å²) in [6.45, 7) is 3.64. The third-order valence-corrected chi connectivity index (χ3v) is 2.90. The van der Waals surface area contributed by atoms with E-state index in [-0.39, 0.29) is 17.8 Å². The van der Waals surface area contributed by atoms with Crippen molar-refractivity contribution in [2.75, 3.05) is 26.7 Å². The van der Waals surface area contributed by atoms with Crippen molar-refractivity contribution >= 4 is 5.91 Å². The van der Waals surface area contributed by atoms with Gasteiger partial charge in [-0.2, -0.15) is 0 Å². The van der Waals surface area contributed by atoms with Crippen LogP contribution in [-0.4, -0.2) is 37.5 Å². The molecule has 106 valence electrons. The standard InChI is InChI=1S/C14H22FN3O/c1-11(12-4-6-13(15)7-5-12)17-14(19)10-18(2)9-3-8-16/h4-7,11H,3,8-10,16H2,1-2H3,(H,17,19). The normalized spacial score (nSPS) is 12.5. The van der Waals surface area contributed by atoms with Gasteiger partial charge in [0.15, 0.2) is 0 Å². The van der Waals surface area contributed by atoms with Gasteiger partial charge in [0.1, 0.15) is 5.82 Å². The van der Waals surface area contributed by atoms with Crippen LogP contribution in [0.3, 0.4) is 0 Å². The van der Waals surface area contributed by atoms with Gasteiger partial charge in [0.25, 0.3) is 0 Å². The predicted octanol–water partition coefficient (Wildman–Crippen LogP) is 1.28. The first-order valence-electron chi connectivity index (χ1n) is 6.46. The molecule has 4 nitrogen and oxygen atoms in total. The smallest absolute Gasteiger partial charge is 0.234 e. The molecule has 0 aliphatic carbocycles. The molecule has 0 fully saturated rings. The Balaban J connectivity index is 2.41. The minimum Gasteiger partial charge on any atom is -0.348 e. The van der Waals surface area contributed by atoms with E-state index in [9.17, 15) is 9.18 Å². The average Bonchev–Trinajstić information content (AvgIpc) is 2.36. The summed E-state index contributed by atoms with van der Waals surface area (Å²) in [5.74, 6) is -0.319. The Hall–Kier alpha value is -1.46. The Bertz CT molecular complexity index is 394. The molecule has 1 rings (SSSR count). The number of halogens is 1. The van der Waals surface area contributed by atoms with Crippen LogP contribution < -0.4 is 11.1 Å². The molecule has 1 amide bonds. The third kappa shape index (κ3) is 5.81. The molecule has 19 heavy (non-hydrogen) atoms. The van der Waals surface area contributed by atoms with Gasteiger partial charge in [-0.05, 0) is 51.2 Å². The van der Waals surface area contributed by atoms with Crippen molar-refractivity contribution in [2.45, 2.75) is 19.4 Å². The lowest BCUT2D eigenvalue weighted by atomic mass is 10.1. The number of nitrogens with zero attached hydrogens (tertiary/aromatic N) is 1. The molecule has 1 atom stereocenters. The van der Waals surface area contributed by atoms with E-state index in [0.29, 0.717) is 13.1 Å². The lowest BCUT2D eigenvalue weighted by Crippen LogP contribution is -2.37. The molecule has 0 aliphatic heterocycles. The SMILES string of the molecule is CC(NC(=O)CN(C)CCCN)c1ccc(F)cc1.